The number of rotatable bonds is 6. The molecule has 0 fully saturated rings. The molecule has 170 valence electrons. The molecule has 1 heterocycles. The van der Waals surface area contributed by atoms with Gasteiger partial charge in [0, 0.05) is 23.3 Å². The zero-order chi connectivity index (χ0) is 21.9. The molecule has 0 spiro atoms. The van der Waals surface area contributed by atoms with E-state index in [2.05, 4.69) is 10.0 Å². The van der Waals surface area contributed by atoms with Crippen LogP contribution in [0, 0.1) is 0 Å². The first-order chi connectivity index (χ1) is 14.1. The van der Waals surface area contributed by atoms with Crippen molar-refractivity contribution in [3.63, 3.8) is 0 Å². The molecule has 1 atom stereocenters. The maximum atomic E-state index is 12.9. The maximum Gasteiger partial charge on any atom is 0.302 e. The van der Waals surface area contributed by atoms with Crippen molar-refractivity contribution >= 4 is 39.9 Å². The molecule has 7 nitrogen and oxygen atoms in total. The second kappa shape index (κ2) is 9.99. The summed E-state index contributed by atoms with van der Waals surface area (Å²) in [6, 6.07) is 14.2. The fourth-order valence-corrected chi connectivity index (χ4v) is 5.27. The minimum absolute atomic E-state index is 0. The Morgan fingerprint density at radius 3 is 2.45 bits per heavy atom. The number of nitrogens with two attached hydrogens (primary N) is 1. The summed E-state index contributed by atoms with van der Waals surface area (Å²) >= 11 is 0. The third-order valence-electron chi connectivity index (χ3n) is 4.83. The molecule has 4 N–H and O–H groups in total. The molecule has 1 aliphatic heterocycles. The van der Waals surface area contributed by atoms with Gasteiger partial charge < -0.3 is 11.1 Å². The second-order valence-electron chi connectivity index (χ2n) is 8.62. The van der Waals surface area contributed by atoms with E-state index in [4.69, 9.17) is 5.73 Å². The van der Waals surface area contributed by atoms with Gasteiger partial charge in [-0.3, -0.25) is 9.10 Å². The molecule has 0 radical (unpaired) electrons. The molecule has 2 aromatic rings. The smallest absolute Gasteiger partial charge is 0.302 e. The topological polar surface area (TPSA) is 105 Å². The van der Waals surface area contributed by atoms with E-state index in [0.717, 1.165) is 11.1 Å². The highest BCUT2D eigenvalue weighted by atomic mass is 35.5. The van der Waals surface area contributed by atoms with Crippen LogP contribution in [0.4, 0.5) is 11.4 Å². The van der Waals surface area contributed by atoms with Crippen LogP contribution < -0.4 is 20.1 Å². The molecule has 1 aliphatic rings. The van der Waals surface area contributed by atoms with Crippen molar-refractivity contribution < 1.29 is 13.2 Å². The van der Waals surface area contributed by atoms with Crippen LogP contribution >= 0.6 is 12.4 Å². The predicted molar refractivity (Wildman–Crippen MR) is 128 cm³/mol. The first kappa shape index (κ1) is 25.1. The molecule has 2 aromatic carbocycles. The lowest BCUT2D eigenvalue weighted by atomic mass is 10.0. The minimum Gasteiger partial charge on any atom is -0.324 e. The lowest BCUT2D eigenvalue weighted by molar-refractivity contribution is -0.117. The highest BCUT2D eigenvalue weighted by molar-refractivity contribution is 7.90. The normalized spacial score (nSPS) is 14.9. The second-order valence-corrected chi connectivity index (χ2v) is 10.2. The minimum atomic E-state index is -3.71. The third kappa shape index (κ3) is 6.43. The van der Waals surface area contributed by atoms with Gasteiger partial charge in [-0.25, -0.2) is 0 Å². The Balaban J connectivity index is 0.00000341. The van der Waals surface area contributed by atoms with Crippen molar-refractivity contribution in [3.05, 3.63) is 59.7 Å². The van der Waals surface area contributed by atoms with Gasteiger partial charge in [-0.05, 0) is 57.7 Å². The SMILES string of the molecule is CC(C)(C)NS(=O)(=O)N1CCCc2c(NC(=O)[C@@H](N)Cc3ccccc3)cccc21.Cl. The van der Waals surface area contributed by atoms with Crippen molar-refractivity contribution in [2.45, 2.75) is 51.6 Å². The van der Waals surface area contributed by atoms with Crippen molar-refractivity contribution in [2.75, 3.05) is 16.2 Å². The fourth-order valence-electron chi connectivity index (χ4n) is 3.59. The average molecular weight is 467 g/mol. The van der Waals surface area contributed by atoms with Crippen molar-refractivity contribution in [2.24, 2.45) is 5.73 Å². The Morgan fingerprint density at radius 2 is 1.81 bits per heavy atom. The number of benzene rings is 2. The summed E-state index contributed by atoms with van der Waals surface area (Å²) in [7, 11) is -3.71. The number of nitrogens with one attached hydrogen (secondary N) is 2. The summed E-state index contributed by atoms with van der Waals surface area (Å²) in [4.78, 5) is 12.7. The van der Waals surface area contributed by atoms with Gasteiger partial charge >= 0.3 is 10.2 Å². The number of carbonyl (C=O) groups is 1. The average Bonchev–Trinajstić information content (AvgIpc) is 2.66. The van der Waals surface area contributed by atoms with Crippen LogP contribution in [-0.4, -0.2) is 32.5 Å². The maximum absolute atomic E-state index is 12.9. The lowest BCUT2D eigenvalue weighted by Crippen LogP contribution is -2.50. The monoisotopic (exact) mass is 466 g/mol. The quantitative estimate of drug-likeness (QED) is 0.608. The number of hydrogen-bond donors (Lipinski definition) is 3. The summed E-state index contributed by atoms with van der Waals surface area (Å²) in [6.07, 6.45) is 1.78. The van der Waals surface area contributed by atoms with Crippen LogP contribution in [0.25, 0.3) is 0 Å². The molecule has 1 amide bonds. The van der Waals surface area contributed by atoms with E-state index in [-0.39, 0.29) is 18.3 Å². The molecule has 0 aliphatic carbocycles. The van der Waals surface area contributed by atoms with E-state index in [1.165, 1.54) is 4.31 Å². The Bertz CT molecular complexity index is 1010. The van der Waals surface area contributed by atoms with Gasteiger partial charge in [0.25, 0.3) is 0 Å². The standard InChI is InChI=1S/C22H30N4O3S.ClH/c1-22(2,3)25-30(28,29)26-14-8-11-17-19(12-7-13-20(17)26)24-21(27)18(23)15-16-9-5-4-6-10-16;/h4-7,9-10,12-13,18,25H,8,11,14-15,23H2,1-3H3,(H,24,27);1H/t18-;/m0./s1. The summed E-state index contributed by atoms with van der Waals surface area (Å²) in [5.41, 5.74) is 8.51. The zero-order valence-electron chi connectivity index (χ0n) is 18.1. The number of anilines is 2. The van der Waals surface area contributed by atoms with Gasteiger partial charge in [0.05, 0.1) is 11.7 Å². The van der Waals surface area contributed by atoms with E-state index in [0.29, 0.717) is 37.2 Å². The van der Waals surface area contributed by atoms with Crippen molar-refractivity contribution in [1.82, 2.24) is 4.72 Å². The van der Waals surface area contributed by atoms with E-state index in [1.807, 2.05) is 30.3 Å². The zero-order valence-corrected chi connectivity index (χ0v) is 19.7. The van der Waals surface area contributed by atoms with Crippen LogP contribution in [0.5, 0.6) is 0 Å². The number of carbonyl (C=O) groups excluding carboxylic acids is 1. The third-order valence-corrected chi connectivity index (χ3v) is 6.66. The van der Waals surface area contributed by atoms with E-state index < -0.39 is 21.8 Å². The highest BCUT2D eigenvalue weighted by Gasteiger charge is 2.31. The fraction of sp³-hybridized carbons (Fsp3) is 0.409. The molecule has 3 rings (SSSR count). The first-order valence-electron chi connectivity index (χ1n) is 10.1. The number of nitrogens with zero attached hydrogens (tertiary/aromatic N) is 1. The summed E-state index contributed by atoms with van der Waals surface area (Å²) in [6.45, 7) is 5.81. The van der Waals surface area contributed by atoms with E-state index >= 15 is 0 Å². The van der Waals surface area contributed by atoms with Crippen LogP contribution in [0.2, 0.25) is 0 Å². The van der Waals surface area contributed by atoms with Crippen LogP contribution in [0.1, 0.15) is 38.3 Å². The molecule has 9 heteroatoms. The largest absolute Gasteiger partial charge is 0.324 e. The predicted octanol–water partition coefficient (Wildman–Crippen LogP) is 3.00. The molecule has 31 heavy (non-hydrogen) atoms. The molecular weight excluding hydrogens is 436 g/mol. The molecule has 0 saturated heterocycles. The van der Waals surface area contributed by atoms with E-state index in [9.17, 15) is 13.2 Å². The molecule has 0 bridgehead atoms. The number of amides is 1. The van der Waals surface area contributed by atoms with Crippen LogP contribution in [0.15, 0.2) is 48.5 Å². The Kier molecular flexibility index (Phi) is 8.10. The highest BCUT2D eigenvalue weighted by Crippen LogP contribution is 2.34. The van der Waals surface area contributed by atoms with Gasteiger partial charge in [-0.2, -0.15) is 13.1 Å². The number of hydrogen-bond acceptors (Lipinski definition) is 4. The van der Waals surface area contributed by atoms with Gasteiger partial charge in [-0.15, -0.1) is 12.4 Å². The Labute approximate surface area is 191 Å². The van der Waals surface area contributed by atoms with Crippen molar-refractivity contribution in [3.8, 4) is 0 Å². The molecular formula is C22H31ClN4O3S. The van der Waals surface area contributed by atoms with Crippen LogP contribution in [0.3, 0.4) is 0 Å². The molecule has 0 saturated carbocycles. The summed E-state index contributed by atoms with van der Waals surface area (Å²) in [5, 5.41) is 2.90. The summed E-state index contributed by atoms with van der Waals surface area (Å²) in [5.74, 6) is -0.292. The van der Waals surface area contributed by atoms with E-state index in [1.54, 1.807) is 39.0 Å². The number of halogens is 1. The Morgan fingerprint density at radius 1 is 1.13 bits per heavy atom. The van der Waals surface area contributed by atoms with Gasteiger partial charge in [-0.1, -0.05) is 36.4 Å². The molecule has 0 aromatic heterocycles. The first-order valence-corrected chi connectivity index (χ1v) is 11.5. The Hall–Kier alpha value is -2.13. The lowest BCUT2D eigenvalue weighted by Gasteiger charge is -2.34. The summed E-state index contributed by atoms with van der Waals surface area (Å²) < 4.78 is 29.9. The van der Waals surface area contributed by atoms with Gasteiger partial charge in [0.2, 0.25) is 5.91 Å². The van der Waals surface area contributed by atoms with Crippen molar-refractivity contribution in [1.29, 1.82) is 0 Å². The van der Waals surface area contributed by atoms with Crippen LogP contribution in [-0.2, 0) is 27.8 Å². The van der Waals surface area contributed by atoms with Gasteiger partial charge in [0.15, 0.2) is 0 Å². The number of fused-ring (bicyclic) bond motifs is 1. The molecule has 0 unspecified atom stereocenters. The van der Waals surface area contributed by atoms with Gasteiger partial charge in [0.1, 0.15) is 0 Å².